The van der Waals surface area contributed by atoms with Crippen LogP contribution in [0.2, 0.25) is 0 Å². The first kappa shape index (κ1) is 8.78. The van der Waals surface area contributed by atoms with Gasteiger partial charge in [0.2, 0.25) is 5.78 Å². The number of ketones is 1. The van der Waals surface area contributed by atoms with E-state index in [0.29, 0.717) is 12.2 Å². The van der Waals surface area contributed by atoms with E-state index in [0.717, 1.165) is 0 Å². The van der Waals surface area contributed by atoms with Crippen LogP contribution in [0, 0.1) is 5.92 Å². The van der Waals surface area contributed by atoms with Crippen LogP contribution in [0.25, 0.3) is 0 Å². The molecule has 1 unspecified atom stereocenters. The van der Waals surface area contributed by atoms with Gasteiger partial charge in [0.05, 0.1) is 6.26 Å². The van der Waals surface area contributed by atoms with E-state index in [9.17, 15) is 4.79 Å². The Kier molecular flexibility index (Phi) is 2.86. The smallest absolute Gasteiger partial charge is 0.201 e. The fourth-order valence-electron chi connectivity index (χ4n) is 1.02. The molecule has 0 N–H and O–H groups in total. The highest BCUT2D eigenvalue weighted by Gasteiger charge is 2.15. The van der Waals surface area contributed by atoms with E-state index in [1.807, 2.05) is 6.92 Å². The van der Waals surface area contributed by atoms with Crippen molar-refractivity contribution < 1.29 is 9.21 Å². The van der Waals surface area contributed by atoms with Gasteiger partial charge in [-0.3, -0.25) is 4.79 Å². The molecule has 0 bridgehead atoms. The normalized spacial score (nSPS) is 12.4. The molecule has 0 saturated carbocycles. The average Bonchev–Trinajstić information content (AvgIpc) is 2.55. The summed E-state index contributed by atoms with van der Waals surface area (Å²) in [5.41, 5.74) is 0. The van der Waals surface area contributed by atoms with E-state index in [4.69, 9.17) is 4.42 Å². The molecule has 0 saturated heterocycles. The molecular formula is C10H12O2. The fraction of sp³-hybridized carbons (Fsp3) is 0.300. The molecule has 0 aliphatic carbocycles. The number of hydrogen-bond donors (Lipinski definition) is 0. The van der Waals surface area contributed by atoms with Crippen molar-refractivity contribution in [2.75, 3.05) is 0 Å². The highest BCUT2D eigenvalue weighted by atomic mass is 16.3. The number of carbonyl (C=O) groups excluding carboxylic acids is 1. The molecule has 2 heteroatoms. The van der Waals surface area contributed by atoms with Gasteiger partial charge in [-0.15, -0.1) is 6.58 Å². The maximum atomic E-state index is 11.5. The van der Waals surface area contributed by atoms with E-state index >= 15 is 0 Å². The predicted molar refractivity (Wildman–Crippen MR) is 47.0 cm³/mol. The second-order valence-electron chi connectivity index (χ2n) is 2.77. The van der Waals surface area contributed by atoms with Crippen molar-refractivity contribution in [2.45, 2.75) is 13.3 Å². The number of furan rings is 1. The van der Waals surface area contributed by atoms with Crippen molar-refractivity contribution in [3.8, 4) is 0 Å². The second-order valence-corrected chi connectivity index (χ2v) is 2.77. The molecule has 0 spiro atoms. The van der Waals surface area contributed by atoms with Gasteiger partial charge in [-0.2, -0.15) is 0 Å². The summed E-state index contributed by atoms with van der Waals surface area (Å²) in [6.07, 6.45) is 3.94. The molecular weight excluding hydrogens is 152 g/mol. The van der Waals surface area contributed by atoms with Crippen LogP contribution in [0.1, 0.15) is 23.9 Å². The topological polar surface area (TPSA) is 30.2 Å². The summed E-state index contributed by atoms with van der Waals surface area (Å²) in [6.45, 7) is 5.45. The molecule has 12 heavy (non-hydrogen) atoms. The lowest BCUT2D eigenvalue weighted by molar-refractivity contribution is 0.0903. The van der Waals surface area contributed by atoms with Crippen molar-refractivity contribution in [3.05, 3.63) is 36.8 Å². The minimum Gasteiger partial charge on any atom is -0.461 e. The largest absolute Gasteiger partial charge is 0.461 e. The van der Waals surface area contributed by atoms with Crippen LogP contribution in [-0.4, -0.2) is 5.78 Å². The molecule has 1 heterocycles. The molecule has 0 aliphatic rings. The quantitative estimate of drug-likeness (QED) is 0.506. The Labute approximate surface area is 71.9 Å². The van der Waals surface area contributed by atoms with E-state index in [1.54, 1.807) is 18.2 Å². The first-order valence-electron chi connectivity index (χ1n) is 3.94. The lowest BCUT2D eigenvalue weighted by Crippen LogP contribution is -2.09. The molecule has 1 rings (SSSR count). The van der Waals surface area contributed by atoms with Gasteiger partial charge in [-0.25, -0.2) is 0 Å². The summed E-state index contributed by atoms with van der Waals surface area (Å²) < 4.78 is 4.98. The molecule has 1 aromatic rings. The zero-order valence-corrected chi connectivity index (χ0v) is 7.12. The van der Waals surface area contributed by atoms with E-state index in [1.165, 1.54) is 6.26 Å². The summed E-state index contributed by atoms with van der Waals surface area (Å²) in [5, 5.41) is 0. The predicted octanol–water partition coefficient (Wildman–Crippen LogP) is 2.67. The van der Waals surface area contributed by atoms with Crippen LogP contribution in [0.15, 0.2) is 35.5 Å². The van der Waals surface area contributed by atoms with Gasteiger partial charge in [-0.05, 0) is 18.6 Å². The van der Waals surface area contributed by atoms with Crippen LogP contribution in [0.4, 0.5) is 0 Å². The van der Waals surface area contributed by atoms with Crippen LogP contribution < -0.4 is 0 Å². The standard InChI is InChI=1S/C10H12O2/c1-3-5-8(2)10(11)9-6-4-7-12-9/h3-4,6-8H,1,5H2,2H3. The maximum Gasteiger partial charge on any atom is 0.201 e. The molecule has 1 aromatic heterocycles. The van der Waals surface area contributed by atoms with Crippen molar-refractivity contribution in [2.24, 2.45) is 5.92 Å². The number of carbonyl (C=O) groups is 1. The van der Waals surface area contributed by atoms with Crippen molar-refractivity contribution in [1.82, 2.24) is 0 Å². The van der Waals surface area contributed by atoms with Crippen LogP contribution >= 0.6 is 0 Å². The Hall–Kier alpha value is -1.31. The van der Waals surface area contributed by atoms with Crippen molar-refractivity contribution in [1.29, 1.82) is 0 Å². The highest BCUT2D eigenvalue weighted by molar-refractivity contribution is 5.95. The summed E-state index contributed by atoms with van der Waals surface area (Å²) in [7, 11) is 0. The zero-order valence-electron chi connectivity index (χ0n) is 7.12. The van der Waals surface area contributed by atoms with Crippen molar-refractivity contribution in [3.63, 3.8) is 0 Å². The Balaban J connectivity index is 2.65. The lowest BCUT2D eigenvalue weighted by atomic mass is 10.0. The molecule has 0 aromatic carbocycles. The summed E-state index contributed by atoms with van der Waals surface area (Å²) in [4.78, 5) is 11.5. The van der Waals surface area contributed by atoms with Gasteiger partial charge in [0, 0.05) is 5.92 Å². The Morgan fingerprint density at radius 3 is 3.08 bits per heavy atom. The molecule has 0 fully saturated rings. The average molecular weight is 164 g/mol. The van der Waals surface area contributed by atoms with E-state index in [2.05, 4.69) is 6.58 Å². The van der Waals surface area contributed by atoms with Crippen LogP contribution in [-0.2, 0) is 0 Å². The van der Waals surface area contributed by atoms with Crippen LogP contribution in [0.3, 0.4) is 0 Å². The van der Waals surface area contributed by atoms with Gasteiger partial charge >= 0.3 is 0 Å². The molecule has 1 atom stereocenters. The fourth-order valence-corrected chi connectivity index (χ4v) is 1.02. The summed E-state index contributed by atoms with van der Waals surface area (Å²) >= 11 is 0. The Morgan fingerprint density at radius 1 is 1.83 bits per heavy atom. The monoisotopic (exact) mass is 164 g/mol. The number of hydrogen-bond acceptors (Lipinski definition) is 2. The third-order valence-electron chi connectivity index (χ3n) is 1.73. The first-order chi connectivity index (χ1) is 5.75. The van der Waals surface area contributed by atoms with Crippen LogP contribution in [0.5, 0.6) is 0 Å². The zero-order chi connectivity index (χ0) is 8.97. The first-order valence-corrected chi connectivity index (χ1v) is 3.94. The minimum absolute atomic E-state index is 0.0337. The molecule has 2 nitrogen and oxygen atoms in total. The highest BCUT2D eigenvalue weighted by Crippen LogP contribution is 2.12. The van der Waals surface area contributed by atoms with Gasteiger partial charge in [0.15, 0.2) is 5.76 Å². The molecule has 0 amide bonds. The Morgan fingerprint density at radius 2 is 2.58 bits per heavy atom. The summed E-state index contributed by atoms with van der Waals surface area (Å²) in [5.74, 6) is 0.443. The summed E-state index contributed by atoms with van der Waals surface area (Å²) in [6, 6.07) is 3.40. The SMILES string of the molecule is C=CCC(C)C(=O)c1ccco1. The van der Waals surface area contributed by atoms with Crippen molar-refractivity contribution >= 4 is 5.78 Å². The number of Topliss-reactive ketones (excluding diaryl/α,β-unsaturated/α-hetero) is 1. The minimum atomic E-state index is -0.0337. The third-order valence-corrected chi connectivity index (χ3v) is 1.73. The second kappa shape index (κ2) is 3.90. The van der Waals surface area contributed by atoms with E-state index < -0.39 is 0 Å². The molecule has 0 aliphatic heterocycles. The van der Waals surface area contributed by atoms with Gasteiger partial charge in [0.1, 0.15) is 0 Å². The third kappa shape index (κ3) is 1.84. The van der Waals surface area contributed by atoms with Gasteiger partial charge in [-0.1, -0.05) is 13.0 Å². The maximum absolute atomic E-state index is 11.5. The molecule has 64 valence electrons. The number of allylic oxidation sites excluding steroid dienone is 1. The van der Waals surface area contributed by atoms with E-state index in [-0.39, 0.29) is 11.7 Å². The van der Waals surface area contributed by atoms with Gasteiger partial charge in [0.25, 0.3) is 0 Å². The van der Waals surface area contributed by atoms with Gasteiger partial charge < -0.3 is 4.42 Å². The molecule has 0 radical (unpaired) electrons. The lowest BCUT2D eigenvalue weighted by Gasteiger charge is -2.03. The Bertz CT molecular complexity index is 259. The number of rotatable bonds is 4.